The van der Waals surface area contributed by atoms with Gasteiger partial charge in [-0.2, -0.15) is 0 Å². The summed E-state index contributed by atoms with van der Waals surface area (Å²) in [7, 11) is 0. The molecule has 0 amide bonds. The van der Waals surface area contributed by atoms with Gasteiger partial charge in [-0.15, -0.1) is 0 Å². The molecule has 25 heavy (non-hydrogen) atoms. The third-order valence-corrected chi connectivity index (χ3v) is 4.03. The van der Waals surface area contributed by atoms with Gasteiger partial charge in [-0.05, 0) is 24.5 Å². The van der Waals surface area contributed by atoms with Gasteiger partial charge in [-0.3, -0.25) is 0 Å². The Morgan fingerprint density at radius 2 is 1.52 bits per heavy atom. The second-order valence-electron chi connectivity index (χ2n) is 5.67. The quantitative estimate of drug-likeness (QED) is 0.612. The Balaban J connectivity index is 1.91. The molecule has 4 heteroatoms. The summed E-state index contributed by atoms with van der Waals surface area (Å²) < 4.78 is 28.3. The number of benzene rings is 2. The van der Waals surface area contributed by atoms with Gasteiger partial charge < -0.3 is 0 Å². The fourth-order valence-electron chi connectivity index (χ4n) is 2.65. The average Bonchev–Trinajstić information content (AvgIpc) is 2.65. The number of nitrogens with zero attached hydrogens (tertiary/aromatic N) is 2. The third-order valence-electron chi connectivity index (χ3n) is 4.03. The van der Waals surface area contributed by atoms with E-state index in [-0.39, 0.29) is 5.56 Å². The monoisotopic (exact) mass is 336 g/mol. The highest BCUT2D eigenvalue weighted by Gasteiger charge is 2.14. The van der Waals surface area contributed by atoms with Crippen LogP contribution in [0.2, 0.25) is 0 Å². The lowest BCUT2D eigenvalue weighted by atomic mass is 10.0. The van der Waals surface area contributed by atoms with Crippen LogP contribution in [0.4, 0.5) is 8.78 Å². The minimum atomic E-state index is -0.806. The molecular weight excluding hydrogens is 318 g/mol. The van der Waals surface area contributed by atoms with Gasteiger partial charge in [-0.1, -0.05) is 55.5 Å². The number of allylic oxidation sites excluding steroid dienone is 1. The van der Waals surface area contributed by atoms with E-state index in [1.54, 1.807) is 43.6 Å². The second kappa shape index (κ2) is 7.34. The molecular formula is C21H18F2N2. The Labute approximate surface area is 145 Å². The summed E-state index contributed by atoms with van der Waals surface area (Å²) >= 11 is 0. The predicted octanol–water partition coefficient (Wildman–Crippen LogP) is 5.68. The zero-order valence-corrected chi connectivity index (χ0v) is 14.1. The number of rotatable bonds is 4. The molecule has 0 aliphatic heterocycles. The fraction of sp³-hybridized carbons (Fsp3) is 0.143. The normalized spacial score (nSPS) is 11.2. The van der Waals surface area contributed by atoms with E-state index in [9.17, 15) is 8.78 Å². The van der Waals surface area contributed by atoms with Crippen LogP contribution in [0, 0.1) is 11.6 Å². The lowest BCUT2D eigenvalue weighted by molar-refractivity contribution is 0.502. The van der Waals surface area contributed by atoms with Crippen LogP contribution in [0.15, 0.2) is 54.9 Å². The van der Waals surface area contributed by atoms with Gasteiger partial charge in [0.25, 0.3) is 0 Å². The summed E-state index contributed by atoms with van der Waals surface area (Å²) in [5, 5.41) is 0. The minimum Gasteiger partial charge on any atom is -0.236 e. The van der Waals surface area contributed by atoms with Crippen LogP contribution in [0.5, 0.6) is 0 Å². The summed E-state index contributed by atoms with van der Waals surface area (Å²) in [6, 6.07) is 10.4. The smallest absolute Gasteiger partial charge is 0.166 e. The summed E-state index contributed by atoms with van der Waals surface area (Å²) in [5.74, 6) is -0.987. The molecule has 0 aliphatic rings. The molecule has 0 fully saturated rings. The van der Waals surface area contributed by atoms with E-state index < -0.39 is 11.6 Å². The Morgan fingerprint density at radius 3 is 2.12 bits per heavy atom. The van der Waals surface area contributed by atoms with Crippen molar-refractivity contribution in [3.05, 3.63) is 77.6 Å². The maximum absolute atomic E-state index is 14.3. The summed E-state index contributed by atoms with van der Waals surface area (Å²) in [5.41, 5.74) is 3.00. The lowest BCUT2D eigenvalue weighted by Crippen LogP contribution is -1.96. The molecule has 0 saturated carbocycles. The highest BCUT2D eigenvalue weighted by atomic mass is 19.2. The highest BCUT2D eigenvalue weighted by Crippen LogP contribution is 2.28. The molecule has 2 nitrogen and oxygen atoms in total. The molecule has 0 bridgehead atoms. The molecule has 3 aromatic rings. The minimum absolute atomic E-state index is 0.255. The van der Waals surface area contributed by atoms with Gasteiger partial charge in [0, 0.05) is 29.1 Å². The number of hydrogen-bond donors (Lipinski definition) is 0. The van der Waals surface area contributed by atoms with Gasteiger partial charge >= 0.3 is 0 Å². The maximum Gasteiger partial charge on any atom is 0.166 e. The van der Waals surface area contributed by atoms with Crippen LogP contribution < -0.4 is 0 Å². The van der Waals surface area contributed by atoms with Crippen molar-refractivity contribution in [2.45, 2.75) is 20.3 Å². The van der Waals surface area contributed by atoms with E-state index >= 15 is 0 Å². The molecule has 0 unspecified atom stereocenters. The van der Waals surface area contributed by atoms with Crippen molar-refractivity contribution < 1.29 is 8.78 Å². The van der Waals surface area contributed by atoms with Crippen molar-refractivity contribution in [1.29, 1.82) is 0 Å². The Hall–Kier alpha value is -2.88. The number of aromatic nitrogens is 2. The first-order chi connectivity index (χ1) is 12.1. The van der Waals surface area contributed by atoms with Crippen LogP contribution in [-0.2, 0) is 6.42 Å². The van der Waals surface area contributed by atoms with Crippen molar-refractivity contribution in [3.63, 3.8) is 0 Å². The first kappa shape index (κ1) is 17.0. The lowest BCUT2D eigenvalue weighted by Gasteiger charge is -2.08. The van der Waals surface area contributed by atoms with E-state index in [4.69, 9.17) is 0 Å². The molecule has 0 saturated heterocycles. The van der Waals surface area contributed by atoms with Gasteiger partial charge in [0.2, 0.25) is 0 Å². The zero-order valence-electron chi connectivity index (χ0n) is 14.1. The predicted molar refractivity (Wildman–Crippen MR) is 96.9 cm³/mol. The fourth-order valence-corrected chi connectivity index (χ4v) is 2.65. The Bertz CT molecular complexity index is 898. The van der Waals surface area contributed by atoms with E-state index in [2.05, 4.69) is 9.97 Å². The summed E-state index contributed by atoms with van der Waals surface area (Å²) in [6.45, 7) is 3.73. The van der Waals surface area contributed by atoms with Crippen molar-refractivity contribution in [3.8, 4) is 22.5 Å². The van der Waals surface area contributed by atoms with Gasteiger partial charge in [0.15, 0.2) is 17.5 Å². The molecule has 0 radical (unpaired) electrons. The van der Waals surface area contributed by atoms with E-state index in [1.165, 1.54) is 0 Å². The van der Waals surface area contributed by atoms with Gasteiger partial charge in [0.05, 0.1) is 0 Å². The first-order valence-corrected chi connectivity index (χ1v) is 8.16. The molecule has 126 valence electrons. The number of hydrogen-bond acceptors (Lipinski definition) is 2. The average molecular weight is 336 g/mol. The van der Waals surface area contributed by atoms with Gasteiger partial charge in [0.1, 0.15) is 0 Å². The molecule has 3 rings (SSSR count). The van der Waals surface area contributed by atoms with E-state index in [0.717, 1.165) is 11.1 Å². The van der Waals surface area contributed by atoms with Crippen molar-refractivity contribution in [2.75, 3.05) is 0 Å². The molecule has 1 aromatic heterocycles. The molecule has 0 spiro atoms. The molecule has 0 N–H and O–H groups in total. The topological polar surface area (TPSA) is 25.8 Å². The summed E-state index contributed by atoms with van der Waals surface area (Å²) in [4.78, 5) is 8.66. The molecule has 2 aromatic carbocycles. The van der Waals surface area contributed by atoms with Crippen LogP contribution >= 0.6 is 0 Å². The van der Waals surface area contributed by atoms with Crippen LogP contribution in [0.1, 0.15) is 25.0 Å². The standard InChI is InChI=1S/C21H18F2N2/c1-3-5-14-12-24-21(25-13-14)17-8-6-16(7-9-17)18-11-10-15(4-2)19(22)20(18)23/h3,5-13H,4H2,1-2H3/b5-3+. The largest absolute Gasteiger partial charge is 0.236 e. The van der Waals surface area contributed by atoms with E-state index in [1.807, 2.05) is 31.2 Å². The highest BCUT2D eigenvalue weighted by molar-refractivity contribution is 5.68. The van der Waals surface area contributed by atoms with Gasteiger partial charge in [-0.25, -0.2) is 18.7 Å². The number of aryl methyl sites for hydroxylation is 1. The molecule has 0 aliphatic carbocycles. The Morgan fingerprint density at radius 1 is 0.880 bits per heavy atom. The van der Waals surface area contributed by atoms with Crippen molar-refractivity contribution in [2.24, 2.45) is 0 Å². The Kier molecular flexibility index (Phi) is 4.98. The van der Waals surface area contributed by atoms with Crippen molar-refractivity contribution >= 4 is 6.08 Å². The second-order valence-corrected chi connectivity index (χ2v) is 5.67. The third kappa shape index (κ3) is 3.48. The number of halogens is 2. The van der Waals surface area contributed by atoms with Crippen LogP contribution in [-0.4, -0.2) is 9.97 Å². The zero-order chi connectivity index (χ0) is 17.8. The van der Waals surface area contributed by atoms with Crippen molar-refractivity contribution in [1.82, 2.24) is 9.97 Å². The summed E-state index contributed by atoms with van der Waals surface area (Å²) in [6.07, 6.45) is 7.79. The first-order valence-electron chi connectivity index (χ1n) is 8.16. The van der Waals surface area contributed by atoms with Crippen LogP contribution in [0.25, 0.3) is 28.6 Å². The molecule has 1 heterocycles. The SMILES string of the molecule is C/C=C/c1cnc(-c2ccc(-c3ccc(CC)c(F)c3F)cc2)nc1. The van der Waals surface area contributed by atoms with E-state index in [0.29, 0.717) is 23.4 Å². The maximum atomic E-state index is 14.3. The van der Waals surface area contributed by atoms with Crippen LogP contribution in [0.3, 0.4) is 0 Å². The molecule has 0 atom stereocenters.